The van der Waals surface area contributed by atoms with E-state index in [0.717, 1.165) is 37.3 Å². The molecule has 0 aromatic carbocycles. The van der Waals surface area contributed by atoms with Crippen molar-refractivity contribution in [3.63, 3.8) is 0 Å². The molecule has 3 aromatic heterocycles. The maximum absolute atomic E-state index is 13.3. The molecule has 2 atom stereocenters. The minimum atomic E-state index is -0.622. The second-order valence-corrected chi connectivity index (χ2v) is 12.0. The molecular formula is C25H31BrClN3O2S2. The quantitative estimate of drug-likeness (QED) is 0.247. The van der Waals surface area contributed by atoms with Gasteiger partial charge in [-0.3, -0.25) is 4.90 Å². The third-order valence-electron chi connectivity index (χ3n) is 5.18. The van der Waals surface area contributed by atoms with Gasteiger partial charge in [0.2, 0.25) is 0 Å². The molecule has 0 fully saturated rings. The van der Waals surface area contributed by atoms with Crippen molar-refractivity contribution in [1.29, 1.82) is 0 Å². The Labute approximate surface area is 223 Å². The zero-order chi connectivity index (χ0) is 25.0. The van der Waals surface area contributed by atoms with Crippen LogP contribution < -0.4 is 10.6 Å². The number of carbonyl (C=O) groups excluding carboxylic acids is 1. The van der Waals surface area contributed by atoms with Gasteiger partial charge in [0.15, 0.2) is 0 Å². The summed E-state index contributed by atoms with van der Waals surface area (Å²) in [5, 5.41) is 2.32. The number of amides is 1. The Balaban J connectivity index is 0.00000158. The van der Waals surface area contributed by atoms with Crippen molar-refractivity contribution < 1.29 is 9.53 Å². The second kappa shape index (κ2) is 11.5. The number of thiophene rings is 2. The van der Waals surface area contributed by atoms with Crippen LogP contribution in [0.25, 0.3) is 10.2 Å². The van der Waals surface area contributed by atoms with Crippen molar-refractivity contribution in [1.82, 2.24) is 4.98 Å². The van der Waals surface area contributed by atoms with Crippen LogP contribution in [-0.4, -0.2) is 22.7 Å². The topological polar surface area (TPSA) is 68.5 Å². The lowest BCUT2D eigenvalue weighted by atomic mass is 9.88. The number of allylic oxidation sites excluding steroid dienone is 1. The molecule has 1 aliphatic carbocycles. The van der Waals surface area contributed by atoms with Gasteiger partial charge >= 0.3 is 6.09 Å². The zero-order valence-corrected chi connectivity index (χ0v) is 24.1. The van der Waals surface area contributed by atoms with Crippen LogP contribution in [-0.2, 0) is 11.3 Å². The van der Waals surface area contributed by atoms with Crippen LogP contribution in [0.4, 0.5) is 10.5 Å². The van der Waals surface area contributed by atoms with Gasteiger partial charge in [-0.25, -0.2) is 9.78 Å². The number of nitrogens with zero attached hydrogens (tertiary/aromatic N) is 2. The average molecular weight is 585 g/mol. The van der Waals surface area contributed by atoms with Gasteiger partial charge in [0.25, 0.3) is 0 Å². The summed E-state index contributed by atoms with van der Waals surface area (Å²) < 4.78 is 7.54. The van der Waals surface area contributed by atoms with E-state index in [1.165, 1.54) is 0 Å². The molecule has 2 N–H and O–H groups in total. The fraction of sp³-hybridized carbons (Fsp3) is 0.440. The number of ether oxygens (including phenoxy) is 1. The van der Waals surface area contributed by atoms with Crippen molar-refractivity contribution in [2.24, 2.45) is 5.73 Å². The van der Waals surface area contributed by atoms with Gasteiger partial charge in [-0.1, -0.05) is 43.7 Å². The highest BCUT2D eigenvalue weighted by molar-refractivity contribution is 9.10. The van der Waals surface area contributed by atoms with Crippen LogP contribution >= 0.6 is 50.2 Å². The molecule has 2 unspecified atom stereocenters. The number of pyridine rings is 1. The minimum Gasteiger partial charge on any atom is -0.443 e. The Kier molecular flexibility index (Phi) is 9.20. The SMILES string of the molecule is CC.CC(C)(C)OC(=O)N(Cc1cccs1)c1cc(Cl)nc2c(Br)c(C3CC=CCC3N)sc12. The number of hydrogen-bond donors (Lipinski definition) is 1. The number of nitrogens with two attached hydrogens (primary N) is 1. The Bertz CT molecular complexity index is 1160. The molecule has 1 aliphatic rings. The molecule has 4 rings (SSSR count). The third-order valence-corrected chi connectivity index (χ3v) is 8.63. The van der Waals surface area contributed by atoms with Crippen LogP contribution in [0.2, 0.25) is 5.15 Å². The van der Waals surface area contributed by atoms with Gasteiger partial charge in [0, 0.05) is 27.8 Å². The van der Waals surface area contributed by atoms with Gasteiger partial charge in [-0.2, -0.15) is 0 Å². The fourth-order valence-corrected chi connectivity index (χ4v) is 6.89. The molecule has 0 saturated carbocycles. The largest absolute Gasteiger partial charge is 0.443 e. The molecule has 34 heavy (non-hydrogen) atoms. The zero-order valence-electron chi connectivity index (χ0n) is 20.1. The van der Waals surface area contributed by atoms with E-state index >= 15 is 0 Å². The number of rotatable bonds is 4. The first-order valence-electron chi connectivity index (χ1n) is 11.4. The first-order valence-corrected chi connectivity index (χ1v) is 14.2. The molecule has 3 heterocycles. The predicted octanol–water partition coefficient (Wildman–Crippen LogP) is 8.50. The molecule has 0 radical (unpaired) electrons. The van der Waals surface area contributed by atoms with Gasteiger partial charge in [-0.05, 0) is 61.0 Å². The van der Waals surface area contributed by atoms with E-state index < -0.39 is 11.7 Å². The van der Waals surface area contributed by atoms with Crippen LogP contribution in [0.15, 0.2) is 40.2 Å². The highest BCUT2D eigenvalue weighted by Crippen LogP contribution is 2.47. The molecule has 0 saturated heterocycles. The predicted molar refractivity (Wildman–Crippen MR) is 150 cm³/mol. The Morgan fingerprint density at radius 2 is 2.03 bits per heavy atom. The summed E-state index contributed by atoms with van der Waals surface area (Å²) in [4.78, 5) is 21.7. The number of hydrogen-bond acceptors (Lipinski definition) is 6. The average Bonchev–Trinajstić information content (AvgIpc) is 3.40. The van der Waals surface area contributed by atoms with E-state index in [0.29, 0.717) is 17.4 Å². The molecule has 0 bridgehead atoms. The summed E-state index contributed by atoms with van der Waals surface area (Å²) in [6.45, 7) is 9.97. The van der Waals surface area contributed by atoms with Crippen LogP contribution in [0.3, 0.4) is 0 Å². The molecule has 3 aromatic rings. The van der Waals surface area contributed by atoms with Crippen molar-refractivity contribution in [3.05, 3.63) is 55.1 Å². The second-order valence-electron chi connectivity index (χ2n) is 8.78. The van der Waals surface area contributed by atoms with Gasteiger partial charge in [0.05, 0.1) is 26.9 Å². The van der Waals surface area contributed by atoms with E-state index in [2.05, 4.69) is 33.1 Å². The standard InChI is InChI=1S/C23H25BrClN3O2S2.C2H6/c1-23(2,3)30-22(29)28(12-13-7-6-10-31-13)16-11-17(25)27-19-18(24)20(32-21(16)19)14-8-4-5-9-15(14)26;1-2/h4-7,10-11,14-15H,8-9,12,26H2,1-3H3;1-2H3. The molecule has 9 heteroatoms. The van der Waals surface area contributed by atoms with Gasteiger partial charge in [0.1, 0.15) is 10.8 Å². The molecule has 0 spiro atoms. The monoisotopic (exact) mass is 583 g/mol. The molecule has 184 valence electrons. The lowest BCUT2D eigenvalue weighted by Crippen LogP contribution is -2.36. The van der Waals surface area contributed by atoms with E-state index in [-0.39, 0.29) is 12.0 Å². The lowest BCUT2D eigenvalue weighted by molar-refractivity contribution is 0.0578. The maximum atomic E-state index is 13.3. The summed E-state index contributed by atoms with van der Waals surface area (Å²) in [5.74, 6) is 0.187. The number of halogens is 2. The lowest BCUT2D eigenvalue weighted by Gasteiger charge is -2.27. The van der Waals surface area contributed by atoms with E-state index in [1.54, 1.807) is 33.6 Å². The summed E-state index contributed by atoms with van der Waals surface area (Å²) in [7, 11) is 0. The molecule has 1 amide bonds. The number of aromatic nitrogens is 1. The molecule has 0 aliphatic heterocycles. The van der Waals surface area contributed by atoms with Gasteiger partial charge < -0.3 is 10.5 Å². The van der Waals surface area contributed by atoms with Crippen LogP contribution in [0.5, 0.6) is 0 Å². The van der Waals surface area contributed by atoms with Crippen LogP contribution in [0.1, 0.15) is 63.1 Å². The summed E-state index contributed by atoms with van der Waals surface area (Å²) in [6, 6.07) is 5.76. The number of anilines is 1. The Hall–Kier alpha value is -1.45. The first-order chi connectivity index (χ1) is 16.1. The Morgan fingerprint density at radius 1 is 1.32 bits per heavy atom. The van der Waals surface area contributed by atoms with Crippen molar-refractivity contribution in [2.75, 3.05) is 4.90 Å². The first kappa shape index (κ1) is 27.1. The minimum absolute atomic E-state index is 0.0383. The van der Waals surface area contributed by atoms with E-state index in [4.69, 9.17) is 22.1 Å². The van der Waals surface area contributed by atoms with Crippen molar-refractivity contribution in [3.8, 4) is 0 Å². The van der Waals surface area contributed by atoms with Crippen LogP contribution in [0, 0.1) is 0 Å². The van der Waals surface area contributed by atoms with E-state index in [9.17, 15) is 4.79 Å². The number of carbonyl (C=O) groups is 1. The fourth-order valence-electron chi connectivity index (χ4n) is 3.71. The molecule has 5 nitrogen and oxygen atoms in total. The van der Waals surface area contributed by atoms with Crippen molar-refractivity contribution in [2.45, 2.75) is 71.6 Å². The summed E-state index contributed by atoms with van der Waals surface area (Å²) >= 11 is 13.4. The highest BCUT2D eigenvalue weighted by atomic mass is 79.9. The summed E-state index contributed by atoms with van der Waals surface area (Å²) in [5.41, 5.74) is 7.26. The van der Waals surface area contributed by atoms with Gasteiger partial charge in [-0.15, -0.1) is 22.7 Å². The van der Waals surface area contributed by atoms with Crippen molar-refractivity contribution >= 4 is 72.2 Å². The smallest absolute Gasteiger partial charge is 0.415 e. The summed E-state index contributed by atoms with van der Waals surface area (Å²) in [6.07, 6.45) is 5.61. The third kappa shape index (κ3) is 6.21. The normalized spacial score (nSPS) is 17.9. The highest BCUT2D eigenvalue weighted by Gasteiger charge is 2.30. The molecular weight excluding hydrogens is 554 g/mol. The van der Waals surface area contributed by atoms with E-state index in [1.807, 2.05) is 52.1 Å². The Morgan fingerprint density at radius 3 is 2.65 bits per heavy atom. The maximum Gasteiger partial charge on any atom is 0.415 e. The number of fused-ring (bicyclic) bond motifs is 1.